The van der Waals surface area contributed by atoms with Gasteiger partial charge in [-0.25, -0.2) is 9.97 Å². The topological polar surface area (TPSA) is 64.6 Å². The molecule has 4 rings (SSSR count). The van der Waals surface area contributed by atoms with Crippen LogP contribution in [0.25, 0.3) is 0 Å². The molecule has 1 fully saturated rings. The number of rotatable bonds is 5. The van der Waals surface area contributed by atoms with E-state index in [1.54, 1.807) is 6.07 Å². The highest BCUT2D eigenvalue weighted by Gasteiger charge is 2.28. The van der Waals surface area contributed by atoms with Crippen LogP contribution in [0.5, 0.6) is 11.5 Å². The van der Waals surface area contributed by atoms with Gasteiger partial charge in [-0.15, -0.1) is 0 Å². The summed E-state index contributed by atoms with van der Waals surface area (Å²) in [6, 6.07) is 7.48. The monoisotopic (exact) mass is 367 g/mol. The Balaban J connectivity index is 1.52. The molecular weight excluding hydrogens is 342 g/mol. The van der Waals surface area contributed by atoms with Gasteiger partial charge in [0.2, 0.25) is 6.79 Å². The van der Waals surface area contributed by atoms with E-state index in [0.29, 0.717) is 23.6 Å². The summed E-state index contributed by atoms with van der Waals surface area (Å²) in [7, 11) is 0. The molecule has 0 radical (unpaired) electrons. The van der Waals surface area contributed by atoms with Gasteiger partial charge in [-0.05, 0) is 44.4 Å². The molecule has 2 aromatic rings. The number of benzene rings is 1. The van der Waals surface area contributed by atoms with Crippen LogP contribution in [0.3, 0.4) is 0 Å². The lowest BCUT2D eigenvalue weighted by molar-refractivity contribution is 0.0906. The Morgan fingerprint density at radius 1 is 1.22 bits per heavy atom. The smallest absolute Gasteiger partial charge is 0.231 e. The number of Topliss-reactive ketones (excluding diaryl/α,β-unsaturated/α-hetero) is 1. The van der Waals surface area contributed by atoms with Gasteiger partial charge in [0, 0.05) is 42.8 Å². The van der Waals surface area contributed by atoms with Crippen molar-refractivity contribution in [2.24, 2.45) is 5.92 Å². The van der Waals surface area contributed by atoms with Crippen molar-refractivity contribution in [2.75, 3.05) is 24.8 Å². The molecule has 27 heavy (non-hydrogen) atoms. The summed E-state index contributed by atoms with van der Waals surface area (Å²) >= 11 is 0. The summed E-state index contributed by atoms with van der Waals surface area (Å²) in [6.45, 7) is 5.97. The van der Waals surface area contributed by atoms with Crippen LogP contribution in [0.1, 0.15) is 48.1 Å². The third-order valence-electron chi connectivity index (χ3n) is 5.13. The largest absolute Gasteiger partial charge is 0.454 e. The van der Waals surface area contributed by atoms with Crippen molar-refractivity contribution < 1.29 is 14.3 Å². The van der Waals surface area contributed by atoms with Crippen molar-refractivity contribution in [3.05, 3.63) is 41.3 Å². The fourth-order valence-corrected chi connectivity index (χ4v) is 3.79. The standard InChI is InChI=1S/C21H25N3O3/c1-3-5-19-22-14(2)10-20(23-19)24-9-4-6-16(12-24)21(25)15-7-8-17-18(11-15)27-13-26-17/h7-8,10-11,16H,3-6,9,12-13H2,1-2H3/t16-/m1/s1. The average molecular weight is 367 g/mol. The number of carbonyl (C=O) groups excluding carboxylic acids is 1. The highest BCUT2D eigenvalue weighted by molar-refractivity contribution is 5.99. The second-order valence-electron chi connectivity index (χ2n) is 7.25. The van der Waals surface area contributed by atoms with Crippen LogP contribution in [0.4, 0.5) is 5.82 Å². The van der Waals surface area contributed by atoms with E-state index in [1.165, 1.54) is 0 Å². The van der Waals surface area contributed by atoms with Gasteiger partial charge in [0.15, 0.2) is 17.3 Å². The van der Waals surface area contributed by atoms with Crippen LogP contribution in [0, 0.1) is 12.8 Å². The van der Waals surface area contributed by atoms with Crippen molar-refractivity contribution in [3.63, 3.8) is 0 Å². The minimum Gasteiger partial charge on any atom is -0.454 e. The zero-order chi connectivity index (χ0) is 18.8. The van der Waals surface area contributed by atoms with Crippen molar-refractivity contribution in [2.45, 2.75) is 39.5 Å². The third kappa shape index (κ3) is 3.75. The molecule has 0 N–H and O–H groups in total. The molecule has 1 saturated heterocycles. The van der Waals surface area contributed by atoms with Crippen LogP contribution in [-0.4, -0.2) is 35.6 Å². The summed E-state index contributed by atoms with van der Waals surface area (Å²) in [5.41, 5.74) is 1.67. The van der Waals surface area contributed by atoms with Crippen LogP contribution < -0.4 is 14.4 Å². The van der Waals surface area contributed by atoms with E-state index in [0.717, 1.165) is 49.6 Å². The summed E-state index contributed by atoms with van der Waals surface area (Å²) in [6.07, 6.45) is 3.78. The lowest BCUT2D eigenvalue weighted by Crippen LogP contribution is -2.39. The number of fused-ring (bicyclic) bond motifs is 1. The van der Waals surface area contributed by atoms with Gasteiger partial charge < -0.3 is 14.4 Å². The molecule has 0 amide bonds. The Kier molecular flexibility index (Phi) is 4.97. The molecule has 142 valence electrons. The molecule has 0 unspecified atom stereocenters. The lowest BCUT2D eigenvalue weighted by Gasteiger charge is -2.33. The maximum absolute atomic E-state index is 13.1. The molecule has 6 nitrogen and oxygen atoms in total. The second-order valence-corrected chi connectivity index (χ2v) is 7.25. The first-order valence-electron chi connectivity index (χ1n) is 9.67. The van der Waals surface area contributed by atoms with Gasteiger partial charge in [0.25, 0.3) is 0 Å². The van der Waals surface area contributed by atoms with Crippen molar-refractivity contribution in [1.82, 2.24) is 9.97 Å². The predicted molar refractivity (Wildman–Crippen MR) is 103 cm³/mol. The molecule has 1 aromatic heterocycles. The van der Waals surface area contributed by atoms with Crippen LogP contribution in [-0.2, 0) is 6.42 Å². The molecule has 2 aliphatic heterocycles. The van der Waals surface area contributed by atoms with Crippen LogP contribution >= 0.6 is 0 Å². The van der Waals surface area contributed by atoms with E-state index in [9.17, 15) is 4.79 Å². The number of hydrogen-bond acceptors (Lipinski definition) is 6. The molecule has 3 heterocycles. The second kappa shape index (κ2) is 7.55. The zero-order valence-electron chi connectivity index (χ0n) is 15.9. The Hall–Kier alpha value is -2.63. The lowest BCUT2D eigenvalue weighted by atomic mass is 9.90. The van der Waals surface area contributed by atoms with Gasteiger partial charge in [-0.3, -0.25) is 4.79 Å². The maximum Gasteiger partial charge on any atom is 0.231 e. The predicted octanol–water partition coefficient (Wildman–Crippen LogP) is 3.57. The third-order valence-corrected chi connectivity index (χ3v) is 5.13. The summed E-state index contributed by atoms with van der Waals surface area (Å²) in [5.74, 6) is 3.31. The minimum absolute atomic E-state index is 0.0379. The van der Waals surface area contributed by atoms with Crippen molar-refractivity contribution in [3.8, 4) is 11.5 Å². The Morgan fingerprint density at radius 3 is 2.93 bits per heavy atom. The number of aryl methyl sites for hydroxylation is 2. The zero-order valence-corrected chi connectivity index (χ0v) is 15.9. The molecule has 1 atom stereocenters. The highest BCUT2D eigenvalue weighted by Crippen LogP contribution is 2.34. The average Bonchev–Trinajstić information content (AvgIpc) is 3.15. The van der Waals surface area contributed by atoms with E-state index in [-0.39, 0.29) is 18.5 Å². The number of piperidine rings is 1. The highest BCUT2D eigenvalue weighted by atomic mass is 16.7. The van der Waals surface area contributed by atoms with Gasteiger partial charge in [0.1, 0.15) is 11.6 Å². The van der Waals surface area contributed by atoms with E-state index >= 15 is 0 Å². The van der Waals surface area contributed by atoms with Gasteiger partial charge in [-0.1, -0.05) is 6.92 Å². The van der Waals surface area contributed by atoms with E-state index in [1.807, 2.05) is 25.1 Å². The Bertz CT molecular complexity index is 853. The molecule has 0 bridgehead atoms. The van der Waals surface area contributed by atoms with Crippen LogP contribution in [0.2, 0.25) is 0 Å². The number of carbonyl (C=O) groups is 1. The summed E-state index contributed by atoms with van der Waals surface area (Å²) in [4.78, 5) is 24.5. The normalized spacial score (nSPS) is 18.6. The van der Waals surface area contributed by atoms with Crippen molar-refractivity contribution in [1.29, 1.82) is 0 Å². The Labute approximate surface area is 159 Å². The number of nitrogens with zero attached hydrogens (tertiary/aromatic N) is 3. The summed E-state index contributed by atoms with van der Waals surface area (Å²) in [5, 5.41) is 0. The first kappa shape index (κ1) is 17.8. The number of ketones is 1. The molecule has 6 heteroatoms. The molecular formula is C21H25N3O3. The van der Waals surface area contributed by atoms with E-state index < -0.39 is 0 Å². The van der Waals surface area contributed by atoms with E-state index in [2.05, 4.69) is 16.8 Å². The number of hydrogen-bond donors (Lipinski definition) is 0. The SMILES string of the molecule is CCCc1nc(C)cc(N2CCC[C@@H](C(=O)c3ccc4c(c3)OCO4)C2)n1. The molecule has 0 saturated carbocycles. The Morgan fingerprint density at radius 2 is 2.07 bits per heavy atom. The molecule has 0 aliphatic carbocycles. The fourth-order valence-electron chi connectivity index (χ4n) is 3.79. The number of ether oxygens (including phenoxy) is 2. The quantitative estimate of drug-likeness (QED) is 0.753. The first-order valence-corrected chi connectivity index (χ1v) is 9.67. The number of aromatic nitrogens is 2. The maximum atomic E-state index is 13.1. The van der Waals surface area contributed by atoms with E-state index in [4.69, 9.17) is 14.5 Å². The minimum atomic E-state index is -0.0379. The molecule has 2 aliphatic rings. The molecule has 1 aromatic carbocycles. The van der Waals surface area contributed by atoms with Gasteiger partial charge in [0.05, 0.1) is 0 Å². The van der Waals surface area contributed by atoms with Gasteiger partial charge in [-0.2, -0.15) is 0 Å². The van der Waals surface area contributed by atoms with Gasteiger partial charge >= 0.3 is 0 Å². The molecule has 0 spiro atoms. The summed E-state index contributed by atoms with van der Waals surface area (Å²) < 4.78 is 10.8. The number of anilines is 1. The van der Waals surface area contributed by atoms with Crippen molar-refractivity contribution >= 4 is 11.6 Å². The van der Waals surface area contributed by atoms with Crippen LogP contribution in [0.15, 0.2) is 24.3 Å². The fraction of sp³-hybridized carbons (Fsp3) is 0.476. The first-order chi connectivity index (χ1) is 13.1.